The quantitative estimate of drug-likeness (QED) is 0.714. The molecule has 0 atom stereocenters. The number of hydrogen-bond donors (Lipinski definition) is 2. The Morgan fingerprint density at radius 3 is 2.86 bits per heavy atom. The number of carbonyl (C=O) groups excluding carboxylic acids is 1. The third kappa shape index (κ3) is 5.02. The van der Waals surface area contributed by atoms with Crippen molar-refractivity contribution in [2.24, 2.45) is 0 Å². The zero-order chi connectivity index (χ0) is 14.9. The van der Waals surface area contributed by atoms with Gasteiger partial charge in [-0.25, -0.2) is 4.68 Å². The summed E-state index contributed by atoms with van der Waals surface area (Å²) < 4.78 is 6.67. The Bertz CT molecular complexity index is 554. The monoisotopic (exact) mass is 288 g/mol. The zero-order valence-corrected chi connectivity index (χ0v) is 12.1. The summed E-state index contributed by atoms with van der Waals surface area (Å²) in [5, 5.41) is 10.1. The molecule has 0 bridgehead atoms. The van der Waals surface area contributed by atoms with E-state index in [4.69, 9.17) is 4.74 Å². The fraction of sp³-hybridized carbons (Fsp3) is 0.333. The predicted octanol–water partition coefficient (Wildman–Crippen LogP) is 1.11. The van der Waals surface area contributed by atoms with Crippen LogP contribution in [0, 0.1) is 0 Å². The van der Waals surface area contributed by atoms with Crippen LogP contribution in [-0.2, 0) is 16.1 Å². The normalized spacial score (nSPS) is 10.5. The van der Waals surface area contributed by atoms with Crippen LogP contribution < -0.4 is 10.6 Å². The lowest BCUT2D eigenvalue weighted by Crippen LogP contribution is -2.31. The maximum absolute atomic E-state index is 11.8. The topological polar surface area (TPSA) is 68.2 Å². The average molecular weight is 288 g/mol. The van der Waals surface area contributed by atoms with Gasteiger partial charge in [0.1, 0.15) is 5.82 Å². The van der Waals surface area contributed by atoms with Crippen LogP contribution >= 0.6 is 0 Å². The number of anilines is 1. The summed E-state index contributed by atoms with van der Waals surface area (Å²) >= 11 is 0. The summed E-state index contributed by atoms with van der Waals surface area (Å²) in [6.45, 7) is 2.10. The van der Waals surface area contributed by atoms with Crippen molar-refractivity contribution >= 4 is 11.7 Å². The van der Waals surface area contributed by atoms with Crippen LogP contribution in [0.4, 0.5) is 5.82 Å². The number of carbonyl (C=O) groups is 1. The van der Waals surface area contributed by atoms with Gasteiger partial charge in [-0.05, 0) is 5.56 Å². The molecular formula is C15H20N4O2. The molecule has 0 aliphatic heterocycles. The third-order valence-electron chi connectivity index (χ3n) is 2.93. The maximum atomic E-state index is 11.8. The highest BCUT2D eigenvalue weighted by molar-refractivity contribution is 5.91. The van der Waals surface area contributed by atoms with Crippen molar-refractivity contribution in [1.82, 2.24) is 15.1 Å². The van der Waals surface area contributed by atoms with Crippen LogP contribution in [0.3, 0.4) is 0 Å². The largest absolute Gasteiger partial charge is 0.383 e. The van der Waals surface area contributed by atoms with Gasteiger partial charge >= 0.3 is 0 Å². The van der Waals surface area contributed by atoms with E-state index in [0.717, 1.165) is 5.56 Å². The fourth-order valence-electron chi connectivity index (χ4n) is 1.88. The number of nitrogens with zero attached hydrogens (tertiary/aromatic N) is 2. The zero-order valence-electron chi connectivity index (χ0n) is 12.1. The molecule has 0 fully saturated rings. The van der Waals surface area contributed by atoms with Crippen molar-refractivity contribution in [3.63, 3.8) is 0 Å². The number of amides is 1. The molecule has 2 N–H and O–H groups in total. The molecule has 0 saturated heterocycles. The standard InChI is InChI=1S/C15H20N4O2/c1-21-10-9-16-11-15(20)18-14-7-8-17-19(14)12-13-5-3-2-4-6-13/h2-8,16H,9-12H2,1H3,(H,18,20). The molecule has 1 amide bonds. The summed E-state index contributed by atoms with van der Waals surface area (Å²) in [5.41, 5.74) is 1.13. The molecule has 0 aliphatic rings. The van der Waals surface area contributed by atoms with E-state index < -0.39 is 0 Å². The molecule has 112 valence electrons. The molecule has 0 unspecified atom stereocenters. The summed E-state index contributed by atoms with van der Waals surface area (Å²) in [7, 11) is 1.63. The van der Waals surface area contributed by atoms with Crippen LogP contribution in [0.25, 0.3) is 0 Å². The van der Waals surface area contributed by atoms with Crippen molar-refractivity contribution in [2.45, 2.75) is 6.54 Å². The number of methoxy groups -OCH3 is 1. The van der Waals surface area contributed by atoms with Crippen molar-refractivity contribution < 1.29 is 9.53 Å². The van der Waals surface area contributed by atoms with E-state index in [1.165, 1.54) is 0 Å². The highest BCUT2D eigenvalue weighted by Crippen LogP contribution is 2.09. The molecule has 0 radical (unpaired) electrons. The Hall–Kier alpha value is -2.18. The summed E-state index contributed by atoms with van der Waals surface area (Å²) in [6.07, 6.45) is 1.68. The molecule has 1 aromatic carbocycles. The molecule has 21 heavy (non-hydrogen) atoms. The van der Waals surface area contributed by atoms with Gasteiger partial charge in [-0.3, -0.25) is 4.79 Å². The van der Waals surface area contributed by atoms with E-state index in [1.807, 2.05) is 30.3 Å². The SMILES string of the molecule is COCCNCC(=O)Nc1ccnn1Cc1ccccc1. The van der Waals surface area contributed by atoms with E-state index in [9.17, 15) is 4.79 Å². The Morgan fingerprint density at radius 2 is 2.10 bits per heavy atom. The lowest BCUT2D eigenvalue weighted by atomic mass is 10.2. The van der Waals surface area contributed by atoms with Gasteiger partial charge < -0.3 is 15.4 Å². The molecule has 1 heterocycles. The smallest absolute Gasteiger partial charge is 0.239 e. The molecule has 1 aromatic heterocycles. The second kappa shape index (κ2) is 8.18. The van der Waals surface area contributed by atoms with Crippen LogP contribution in [0.5, 0.6) is 0 Å². The summed E-state index contributed by atoms with van der Waals surface area (Å²) in [4.78, 5) is 11.8. The fourth-order valence-corrected chi connectivity index (χ4v) is 1.88. The lowest BCUT2D eigenvalue weighted by Gasteiger charge is -2.09. The first kappa shape index (κ1) is 15.2. The second-order valence-electron chi connectivity index (χ2n) is 4.58. The van der Waals surface area contributed by atoms with Crippen molar-refractivity contribution in [3.05, 3.63) is 48.2 Å². The Kier molecular flexibility index (Phi) is 5.93. The first-order chi connectivity index (χ1) is 10.3. The van der Waals surface area contributed by atoms with Gasteiger partial charge in [0.05, 0.1) is 25.9 Å². The Balaban J connectivity index is 1.87. The highest BCUT2D eigenvalue weighted by Gasteiger charge is 2.07. The second-order valence-corrected chi connectivity index (χ2v) is 4.58. The minimum atomic E-state index is -0.0964. The summed E-state index contributed by atoms with van der Waals surface area (Å²) in [6, 6.07) is 11.8. The van der Waals surface area contributed by atoms with E-state index in [-0.39, 0.29) is 12.5 Å². The van der Waals surface area contributed by atoms with Gasteiger partial charge in [0.25, 0.3) is 0 Å². The number of nitrogens with one attached hydrogen (secondary N) is 2. The predicted molar refractivity (Wildman–Crippen MR) is 81.1 cm³/mol. The van der Waals surface area contributed by atoms with E-state index in [2.05, 4.69) is 15.7 Å². The molecule has 0 saturated carbocycles. The molecule has 0 spiro atoms. The van der Waals surface area contributed by atoms with E-state index in [0.29, 0.717) is 25.5 Å². The minimum Gasteiger partial charge on any atom is -0.383 e. The molecule has 0 aliphatic carbocycles. The van der Waals surface area contributed by atoms with Crippen molar-refractivity contribution in [3.8, 4) is 0 Å². The Labute approximate surface area is 124 Å². The van der Waals surface area contributed by atoms with Crippen LogP contribution in [-0.4, -0.2) is 42.5 Å². The lowest BCUT2D eigenvalue weighted by molar-refractivity contribution is -0.115. The van der Waals surface area contributed by atoms with Gasteiger partial charge in [0.2, 0.25) is 5.91 Å². The van der Waals surface area contributed by atoms with Gasteiger partial charge in [-0.2, -0.15) is 5.10 Å². The average Bonchev–Trinajstić information content (AvgIpc) is 2.92. The van der Waals surface area contributed by atoms with Crippen LogP contribution in [0.15, 0.2) is 42.6 Å². The molecule has 6 nitrogen and oxygen atoms in total. The first-order valence-corrected chi connectivity index (χ1v) is 6.85. The number of ether oxygens (including phenoxy) is 1. The van der Waals surface area contributed by atoms with Crippen molar-refractivity contribution in [2.75, 3.05) is 32.1 Å². The third-order valence-corrected chi connectivity index (χ3v) is 2.93. The maximum Gasteiger partial charge on any atom is 0.239 e. The highest BCUT2D eigenvalue weighted by atomic mass is 16.5. The van der Waals surface area contributed by atoms with Gasteiger partial charge in [-0.1, -0.05) is 30.3 Å². The van der Waals surface area contributed by atoms with Crippen LogP contribution in [0.2, 0.25) is 0 Å². The van der Waals surface area contributed by atoms with E-state index >= 15 is 0 Å². The molecule has 2 aromatic rings. The molecule has 6 heteroatoms. The van der Waals surface area contributed by atoms with Gasteiger partial charge in [-0.15, -0.1) is 0 Å². The molecule has 2 rings (SSSR count). The van der Waals surface area contributed by atoms with Crippen LogP contribution in [0.1, 0.15) is 5.56 Å². The molecular weight excluding hydrogens is 268 g/mol. The van der Waals surface area contributed by atoms with Gasteiger partial charge in [0, 0.05) is 19.7 Å². The number of rotatable bonds is 8. The number of benzene rings is 1. The minimum absolute atomic E-state index is 0.0964. The number of aromatic nitrogens is 2. The van der Waals surface area contributed by atoms with Crippen molar-refractivity contribution in [1.29, 1.82) is 0 Å². The number of hydrogen-bond acceptors (Lipinski definition) is 4. The first-order valence-electron chi connectivity index (χ1n) is 6.85. The van der Waals surface area contributed by atoms with E-state index in [1.54, 1.807) is 24.1 Å². The van der Waals surface area contributed by atoms with Gasteiger partial charge in [0.15, 0.2) is 0 Å². The summed E-state index contributed by atoms with van der Waals surface area (Å²) in [5.74, 6) is 0.596. The Morgan fingerprint density at radius 1 is 1.29 bits per heavy atom.